The fourth-order valence-corrected chi connectivity index (χ4v) is 1.69. The third-order valence-electron chi connectivity index (χ3n) is 2.59. The molecular formula is C15H15NO2. The SMILES string of the molecule is CC(=O)Oc1ccccc1C=Cc1cccn1C. The molecule has 0 bridgehead atoms. The number of hydrogen-bond donors (Lipinski definition) is 0. The van der Waals surface area contributed by atoms with Gasteiger partial charge in [-0.1, -0.05) is 18.2 Å². The van der Waals surface area contributed by atoms with Crippen molar-refractivity contribution in [1.82, 2.24) is 4.57 Å². The van der Waals surface area contributed by atoms with Gasteiger partial charge in [0.2, 0.25) is 0 Å². The maximum Gasteiger partial charge on any atom is 0.308 e. The Labute approximate surface area is 106 Å². The van der Waals surface area contributed by atoms with E-state index in [1.54, 1.807) is 6.07 Å². The number of carbonyl (C=O) groups is 1. The van der Waals surface area contributed by atoms with Gasteiger partial charge in [-0.2, -0.15) is 0 Å². The zero-order valence-corrected chi connectivity index (χ0v) is 10.5. The third kappa shape index (κ3) is 2.88. The molecule has 1 heterocycles. The standard InChI is InChI=1S/C15H15NO2/c1-12(17)18-15-8-4-3-6-13(15)9-10-14-7-5-11-16(14)2/h3-11H,1-2H3. The van der Waals surface area contributed by atoms with E-state index < -0.39 is 0 Å². The van der Waals surface area contributed by atoms with Gasteiger partial charge in [0.25, 0.3) is 0 Å². The molecule has 0 spiro atoms. The molecule has 0 aliphatic rings. The second-order valence-electron chi connectivity index (χ2n) is 4.01. The number of aryl methyl sites for hydroxylation is 1. The van der Waals surface area contributed by atoms with Crippen molar-refractivity contribution in [2.45, 2.75) is 6.92 Å². The topological polar surface area (TPSA) is 31.2 Å². The average Bonchev–Trinajstić information content (AvgIpc) is 2.73. The van der Waals surface area contributed by atoms with Gasteiger partial charge in [0, 0.05) is 31.4 Å². The van der Waals surface area contributed by atoms with Gasteiger partial charge in [-0.05, 0) is 30.4 Å². The van der Waals surface area contributed by atoms with Crippen LogP contribution >= 0.6 is 0 Å². The van der Waals surface area contributed by atoms with Crippen molar-refractivity contribution in [2.75, 3.05) is 0 Å². The molecule has 3 nitrogen and oxygen atoms in total. The second-order valence-corrected chi connectivity index (χ2v) is 4.01. The summed E-state index contributed by atoms with van der Waals surface area (Å²) in [6.07, 6.45) is 5.91. The lowest BCUT2D eigenvalue weighted by molar-refractivity contribution is -0.131. The molecule has 0 radical (unpaired) electrons. The molecule has 0 fully saturated rings. The normalized spacial score (nSPS) is 10.8. The van der Waals surface area contributed by atoms with E-state index in [9.17, 15) is 4.79 Å². The zero-order valence-electron chi connectivity index (χ0n) is 10.5. The zero-order chi connectivity index (χ0) is 13.0. The monoisotopic (exact) mass is 241 g/mol. The fraction of sp³-hybridized carbons (Fsp3) is 0.133. The third-order valence-corrected chi connectivity index (χ3v) is 2.59. The molecule has 1 aromatic heterocycles. The quantitative estimate of drug-likeness (QED) is 0.610. The largest absolute Gasteiger partial charge is 0.426 e. The molecular weight excluding hydrogens is 226 g/mol. The van der Waals surface area contributed by atoms with E-state index in [1.165, 1.54) is 6.92 Å². The summed E-state index contributed by atoms with van der Waals surface area (Å²) in [6.45, 7) is 1.40. The van der Waals surface area contributed by atoms with Crippen molar-refractivity contribution in [1.29, 1.82) is 0 Å². The van der Waals surface area contributed by atoms with E-state index >= 15 is 0 Å². The van der Waals surface area contributed by atoms with Gasteiger partial charge in [0.1, 0.15) is 5.75 Å². The summed E-state index contributed by atoms with van der Waals surface area (Å²) in [4.78, 5) is 11.0. The van der Waals surface area contributed by atoms with Crippen LogP contribution in [-0.4, -0.2) is 10.5 Å². The lowest BCUT2D eigenvalue weighted by Crippen LogP contribution is -2.02. The first kappa shape index (κ1) is 12.2. The summed E-state index contributed by atoms with van der Waals surface area (Å²) in [5.41, 5.74) is 1.97. The van der Waals surface area contributed by atoms with E-state index in [2.05, 4.69) is 0 Å². The van der Waals surface area contributed by atoms with Crippen molar-refractivity contribution in [3.8, 4) is 5.75 Å². The average molecular weight is 241 g/mol. The van der Waals surface area contributed by atoms with Gasteiger partial charge in [-0.25, -0.2) is 0 Å². The Bertz CT molecular complexity index is 582. The Hall–Kier alpha value is -2.29. The number of esters is 1. The highest BCUT2D eigenvalue weighted by Crippen LogP contribution is 2.20. The molecule has 18 heavy (non-hydrogen) atoms. The Morgan fingerprint density at radius 1 is 1.17 bits per heavy atom. The number of hydrogen-bond acceptors (Lipinski definition) is 2. The minimum atomic E-state index is -0.310. The van der Waals surface area contributed by atoms with Crippen LogP contribution in [-0.2, 0) is 11.8 Å². The smallest absolute Gasteiger partial charge is 0.308 e. The van der Waals surface area contributed by atoms with Gasteiger partial charge in [-0.3, -0.25) is 4.79 Å². The highest BCUT2D eigenvalue weighted by atomic mass is 16.5. The number of aromatic nitrogens is 1. The summed E-state index contributed by atoms with van der Waals surface area (Å²) in [5, 5.41) is 0. The van der Waals surface area contributed by atoms with E-state index in [-0.39, 0.29) is 5.97 Å². The van der Waals surface area contributed by atoms with Crippen molar-refractivity contribution in [3.05, 3.63) is 53.9 Å². The van der Waals surface area contributed by atoms with Crippen molar-refractivity contribution < 1.29 is 9.53 Å². The number of rotatable bonds is 3. The van der Waals surface area contributed by atoms with E-state index in [0.717, 1.165) is 11.3 Å². The Kier molecular flexibility index (Phi) is 3.63. The summed E-state index contributed by atoms with van der Waals surface area (Å²) in [7, 11) is 1.98. The van der Waals surface area contributed by atoms with Crippen LogP contribution in [0.15, 0.2) is 42.6 Å². The highest BCUT2D eigenvalue weighted by Gasteiger charge is 2.02. The van der Waals surface area contributed by atoms with Crippen molar-refractivity contribution >= 4 is 18.1 Å². The molecule has 0 saturated heterocycles. The highest BCUT2D eigenvalue weighted by molar-refractivity contribution is 5.75. The maximum absolute atomic E-state index is 11.0. The van der Waals surface area contributed by atoms with Crippen molar-refractivity contribution in [3.63, 3.8) is 0 Å². The van der Waals surface area contributed by atoms with Crippen molar-refractivity contribution in [2.24, 2.45) is 7.05 Å². The summed E-state index contributed by atoms with van der Waals surface area (Å²) in [6, 6.07) is 11.5. The van der Waals surface area contributed by atoms with Gasteiger partial charge in [0.05, 0.1) is 0 Å². The molecule has 2 aromatic rings. The number of para-hydroxylation sites is 1. The predicted octanol–water partition coefficient (Wildman–Crippen LogP) is 3.12. The Morgan fingerprint density at radius 3 is 2.61 bits per heavy atom. The molecule has 1 aromatic carbocycles. The first-order valence-corrected chi connectivity index (χ1v) is 5.73. The molecule has 0 N–H and O–H groups in total. The molecule has 92 valence electrons. The van der Waals surface area contributed by atoms with Gasteiger partial charge in [-0.15, -0.1) is 0 Å². The first-order valence-electron chi connectivity index (χ1n) is 5.73. The number of benzene rings is 1. The molecule has 2 rings (SSSR count). The van der Waals surface area contributed by atoms with Crippen LogP contribution in [0.4, 0.5) is 0 Å². The number of ether oxygens (including phenoxy) is 1. The first-order chi connectivity index (χ1) is 8.66. The van der Waals surface area contributed by atoms with Crippen LogP contribution in [0, 0.1) is 0 Å². The maximum atomic E-state index is 11.0. The molecule has 0 aliphatic heterocycles. The van der Waals surface area contributed by atoms with Crippen LogP contribution in [0.5, 0.6) is 5.75 Å². The molecule has 0 aliphatic carbocycles. The van der Waals surface area contributed by atoms with Crippen LogP contribution in [0.25, 0.3) is 12.2 Å². The second kappa shape index (κ2) is 5.36. The van der Waals surface area contributed by atoms with E-state index in [1.807, 2.05) is 60.3 Å². The fourth-order valence-electron chi connectivity index (χ4n) is 1.69. The molecule has 0 amide bonds. The minimum Gasteiger partial charge on any atom is -0.426 e. The summed E-state index contributed by atoms with van der Waals surface area (Å²) in [5.74, 6) is 0.269. The van der Waals surface area contributed by atoms with E-state index in [0.29, 0.717) is 5.75 Å². The van der Waals surface area contributed by atoms with Crippen LogP contribution in [0.3, 0.4) is 0 Å². The Morgan fingerprint density at radius 2 is 1.94 bits per heavy atom. The van der Waals surface area contributed by atoms with E-state index in [4.69, 9.17) is 4.74 Å². The van der Waals surface area contributed by atoms with Crippen LogP contribution in [0.1, 0.15) is 18.2 Å². The van der Waals surface area contributed by atoms with Crippen LogP contribution < -0.4 is 4.74 Å². The van der Waals surface area contributed by atoms with Crippen LogP contribution in [0.2, 0.25) is 0 Å². The van der Waals surface area contributed by atoms with Gasteiger partial charge < -0.3 is 9.30 Å². The molecule has 0 unspecified atom stereocenters. The predicted molar refractivity (Wildman–Crippen MR) is 72.1 cm³/mol. The van der Waals surface area contributed by atoms with Gasteiger partial charge in [0.15, 0.2) is 0 Å². The molecule has 3 heteroatoms. The summed E-state index contributed by atoms with van der Waals surface area (Å²) < 4.78 is 7.17. The molecule has 0 saturated carbocycles. The molecule has 0 atom stereocenters. The number of nitrogens with zero attached hydrogens (tertiary/aromatic N) is 1. The lowest BCUT2D eigenvalue weighted by atomic mass is 10.2. The summed E-state index contributed by atoms with van der Waals surface area (Å²) >= 11 is 0. The lowest BCUT2D eigenvalue weighted by Gasteiger charge is -2.04. The van der Waals surface area contributed by atoms with Gasteiger partial charge >= 0.3 is 5.97 Å². The minimum absolute atomic E-state index is 0.310. The number of carbonyl (C=O) groups excluding carboxylic acids is 1. The Balaban J connectivity index is 2.26.